The van der Waals surface area contributed by atoms with Crippen LogP contribution in [0.4, 0.5) is 4.39 Å². The number of benzene rings is 1. The first-order valence-electron chi connectivity index (χ1n) is 7.95. The lowest BCUT2D eigenvalue weighted by atomic mass is 10.0. The van der Waals surface area contributed by atoms with E-state index < -0.39 is 0 Å². The van der Waals surface area contributed by atoms with Crippen molar-refractivity contribution in [3.63, 3.8) is 0 Å². The van der Waals surface area contributed by atoms with Gasteiger partial charge in [-0.05, 0) is 48.3 Å². The maximum absolute atomic E-state index is 13.2. The number of nitrogens with zero attached hydrogens (tertiary/aromatic N) is 2. The Labute approximate surface area is 120 Å². The Balaban J connectivity index is 1.31. The maximum Gasteiger partial charge on any atom is 0.123 e. The lowest BCUT2D eigenvalue weighted by Gasteiger charge is -2.21. The smallest absolute Gasteiger partial charge is 0.123 e. The predicted octanol–water partition coefficient (Wildman–Crippen LogP) is 2.60. The molecule has 0 amide bonds. The monoisotopic (exact) mass is 274 g/mol. The molecule has 1 aliphatic carbocycles. The minimum atomic E-state index is -0.113. The molecule has 1 saturated carbocycles. The van der Waals surface area contributed by atoms with Crippen LogP contribution < -0.4 is 0 Å². The third kappa shape index (κ3) is 2.75. The summed E-state index contributed by atoms with van der Waals surface area (Å²) in [7, 11) is 0. The van der Waals surface area contributed by atoms with E-state index in [1.165, 1.54) is 51.6 Å². The lowest BCUT2D eigenvalue weighted by Crippen LogP contribution is -2.29. The van der Waals surface area contributed by atoms with Crippen LogP contribution >= 0.6 is 0 Å². The number of fused-ring (bicyclic) bond motifs is 1. The summed E-state index contributed by atoms with van der Waals surface area (Å²) in [6, 6.07) is 7.06. The van der Waals surface area contributed by atoms with Gasteiger partial charge in [0.05, 0.1) is 0 Å². The van der Waals surface area contributed by atoms with Crippen LogP contribution in [0.3, 0.4) is 0 Å². The number of rotatable bonds is 4. The van der Waals surface area contributed by atoms with E-state index in [0.29, 0.717) is 0 Å². The van der Waals surface area contributed by atoms with Gasteiger partial charge < -0.3 is 4.90 Å². The van der Waals surface area contributed by atoms with Crippen LogP contribution in [-0.4, -0.2) is 42.5 Å². The topological polar surface area (TPSA) is 6.48 Å². The second kappa shape index (κ2) is 5.12. The Morgan fingerprint density at radius 1 is 1.00 bits per heavy atom. The van der Waals surface area contributed by atoms with Gasteiger partial charge in [0.2, 0.25) is 0 Å². The average molecular weight is 274 g/mol. The molecule has 1 aromatic rings. The van der Waals surface area contributed by atoms with Crippen LogP contribution in [0.1, 0.15) is 18.4 Å². The van der Waals surface area contributed by atoms with Gasteiger partial charge in [0, 0.05) is 39.3 Å². The van der Waals surface area contributed by atoms with E-state index in [0.717, 1.165) is 29.9 Å². The first-order chi connectivity index (χ1) is 9.76. The zero-order chi connectivity index (χ0) is 13.5. The molecule has 2 aliphatic heterocycles. The molecule has 3 fully saturated rings. The first kappa shape index (κ1) is 12.8. The largest absolute Gasteiger partial charge is 0.302 e. The SMILES string of the molecule is Fc1cccc(CN2C[C@@H]3CN(CC4CC4)C[C@@H]3C2)c1. The van der Waals surface area contributed by atoms with E-state index in [9.17, 15) is 4.39 Å². The molecule has 2 atom stereocenters. The van der Waals surface area contributed by atoms with Gasteiger partial charge in [0.15, 0.2) is 0 Å². The highest BCUT2D eigenvalue weighted by Crippen LogP contribution is 2.36. The van der Waals surface area contributed by atoms with Crippen molar-refractivity contribution in [3.05, 3.63) is 35.6 Å². The molecule has 2 nitrogen and oxygen atoms in total. The van der Waals surface area contributed by atoms with Crippen molar-refractivity contribution in [1.29, 1.82) is 0 Å². The fourth-order valence-electron chi connectivity index (χ4n) is 4.02. The van der Waals surface area contributed by atoms with Crippen LogP contribution in [0.15, 0.2) is 24.3 Å². The van der Waals surface area contributed by atoms with E-state index in [4.69, 9.17) is 0 Å². The molecule has 2 heterocycles. The number of hydrogen-bond acceptors (Lipinski definition) is 2. The summed E-state index contributed by atoms with van der Waals surface area (Å²) >= 11 is 0. The summed E-state index contributed by atoms with van der Waals surface area (Å²) in [5.74, 6) is 2.60. The van der Waals surface area contributed by atoms with E-state index in [1.807, 2.05) is 12.1 Å². The molecule has 3 aliphatic rings. The molecule has 3 heteroatoms. The van der Waals surface area contributed by atoms with Crippen molar-refractivity contribution in [2.45, 2.75) is 19.4 Å². The van der Waals surface area contributed by atoms with Crippen molar-refractivity contribution in [2.75, 3.05) is 32.7 Å². The van der Waals surface area contributed by atoms with Crippen LogP contribution in [0.25, 0.3) is 0 Å². The van der Waals surface area contributed by atoms with Crippen LogP contribution in [0.2, 0.25) is 0 Å². The number of halogens is 1. The molecule has 0 aromatic heterocycles. The third-order valence-electron chi connectivity index (χ3n) is 5.15. The fraction of sp³-hybridized carbons (Fsp3) is 0.647. The molecular formula is C17H23FN2. The molecule has 20 heavy (non-hydrogen) atoms. The first-order valence-corrected chi connectivity index (χ1v) is 7.95. The minimum absolute atomic E-state index is 0.113. The van der Waals surface area contributed by atoms with Gasteiger partial charge in [0.1, 0.15) is 5.82 Å². The Morgan fingerprint density at radius 2 is 1.70 bits per heavy atom. The van der Waals surface area contributed by atoms with Crippen molar-refractivity contribution >= 4 is 0 Å². The van der Waals surface area contributed by atoms with Crippen LogP contribution in [0.5, 0.6) is 0 Å². The Morgan fingerprint density at radius 3 is 2.35 bits per heavy atom. The van der Waals surface area contributed by atoms with Gasteiger partial charge >= 0.3 is 0 Å². The van der Waals surface area contributed by atoms with E-state index >= 15 is 0 Å². The zero-order valence-corrected chi connectivity index (χ0v) is 12.0. The van der Waals surface area contributed by atoms with Crippen LogP contribution in [-0.2, 0) is 6.54 Å². The Hall–Kier alpha value is -0.930. The van der Waals surface area contributed by atoms with Crippen molar-refractivity contribution in [3.8, 4) is 0 Å². The molecule has 0 unspecified atom stereocenters. The van der Waals surface area contributed by atoms with E-state index in [2.05, 4.69) is 9.80 Å². The Kier molecular flexibility index (Phi) is 3.27. The zero-order valence-electron chi connectivity index (χ0n) is 12.0. The predicted molar refractivity (Wildman–Crippen MR) is 77.8 cm³/mol. The van der Waals surface area contributed by atoms with Gasteiger partial charge in [-0.25, -0.2) is 4.39 Å². The lowest BCUT2D eigenvalue weighted by molar-refractivity contribution is 0.245. The summed E-state index contributed by atoms with van der Waals surface area (Å²) in [6.45, 7) is 7.23. The van der Waals surface area contributed by atoms with Crippen molar-refractivity contribution in [2.24, 2.45) is 17.8 Å². The molecule has 0 spiro atoms. The second-order valence-corrected chi connectivity index (χ2v) is 7.01. The average Bonchev–Trinajstić information content (AvgIpc) is 3.01. The molecule has 0 N–H and O–H groups in total. The molecule has 1 aromatic carbocycles. The highest BCUT2D eigenvalue weighted by atomic mass is 19.1. The summed E-state index contributed by atoms with van der Waals surface area (Å²) in [5, 5.41) is 0. The molecule has 0 bridgehead atoms. The van der Waals surface area contributed by atoms with Crippen molar-refractivity contribution < 1.29 is 4.39 Å². The maximum atomic E-state index is 13.2. The Bertz CT molecular complexity index is 472. The van der Waals surface area contributed by atoms with E-state index in [-0.39, 0.29) is 5.82 Å². The quantitative estimate of drug-likeness (QED) is 0.833. The molecule has 0 radical (unpaired) electrons. The van der Waals surface area contributed by atoms with Crippen molar-refractivity contribution in [1.82, 2.24) is 9.80 Å². The summed E-state index contributed by atoms with van der Waals surface area (Å²) in [5.41, 5.74) is 1.11. The second-order valence-electron chi connectivity index (χ2n) is 7.01. The standard InChI is InChI=1S/C17H23FN2/c18-17-3-1-2-14(6-17)8-20-11-15-9-19(7-13-4-5-13)10-16(15)12-20/h1-3,6,13,15-16H,4-5,7-12H2/t15-,16+. The van der Waals surface area contributed by atoms with E-state index in [1.54, 1.807) is 6.07 Å². The summed E-state index contributed by atoms with van der Waals surface area (Å²) in [6.07, 6.45) is 2.91. The van der Waals surface area contributed by atoms with Gasteiger partial charge in [-0.1, -0.05) is 12.1 Å². The fourth-order valence-corrected chi connectivity index (χ4v) is 4.02. The van der Waals surface area contributed by atoms with Gasteiger partial charge in [0.25, 0.3) is 0 Å². The minimum Gasteiger partial charge on any atom is -0.302 e. The summed E-state index contributed by atoms with van der Waals surface area (Å²) in [4.78, 5) is 5.20. The van der Waals surface area contributed by atoms with Crippen LogP contribution in [0, 0.1) is 23.6 Å². The highest BCUT2D eigenvalue weighted by Gasteiger charge is 2.40. The normalized spacial score (nSPS) is 30.9. The van der Waals surface area contributed by atoms with Gasteiger partial charge in [-0.3, -0.25) is 4.90 Å². The number of likely N-dealkylation sites (tertiary alicyclic amines) is 2. The molecule has 108 valence electrons. The highest BCUT2D eigenvalue weighted by molar-refractivity contribution is 5.16. The third-order valence-corrected chi connectivity index (χ3v) is 5.15. The van der Waals surface area contributed by atoms with Gasteiger partial charge in [-0.15, -0.1) is 0 Å². The molecular weight excluding hydrogens is 251 g/mol. The molecule has 4 rings (SSSR count). The summed E-state index contributed by atoms with van der Waals surface area (Å²) < 4.78 is 13.2. The van der Waals surface area contributed by atoms with Gasteiger partial charge in [-0.2, -0.15) is 0 Å². The number of hydrogen-bond donors (Lipinski definition) is 0. The molecule has 2 saturated heterocycles.